The van der Waals surface area contributed by atoms with Crippen molar-refractivity contribution in [2.75, 3.05) is 39.9 Å². The molecule has 0 saturated carbocycles. The van der Waals surface area contributed by atoms with Crippen LogP contribution in [0.15, 0.2) is 29.3 Å². The average molecular weight is 474 g/mol. The number of hydrogen-bond donors (Lipinski definition) is 2. The zero-order valence-electron chi connectivity index (χ0n) is 16.8. The van der Waals surface area contributed by atoms with Crippen LogP contribution in [0.3, 0.4) is 0 Å². The van der Waals surface area contributed by atoms with Crippen LogP contribution in [0.4, 0.5) is 0 Å². The van der Waals surface area contributed by atoms with Gasteiger partial charge in [0.25, 0.3) is 0 Å². The first-order valence-electron chi connectivity index (χ1n) is 9.36. The lowest BCUT2D eigenvalue weighted by Gasteiger charge is -2.35. The number of guanidine groups is 1. The van der Waals surface area contributed by atoms with Crippen LogP contribution < -0.4 is 10.6 Å². The normalized spacial score (nSPS) is 18.2. The largest absolute Gasteiger partial charge is 0.379 e. The van der Waals surface area contributed by atoms with Gasteiger partial charge >= 0.3 is 0 Å². The van der Waals surface area contributed by atoms with E-state index in [0.717, 1.165) is 38.8 Å². The Balaban J connectivity index is 0.00000338. The van der Waals surface area contributed by atoms with E-state index >= 15 is 0 Å². The van der Waals surface area contributed by atoms with Gasteiger partial charge in [0.2, 0.25) is 0 Å². The molecule has 0 aliphatic carbocycles. The van der Waals surface area contributed by atoms with E-state index < -0.39 is 0 Å². The minimum atomic E-state index is 0. The highest BCUT2D eigenvalue weighted by Gasteiger charge is 2.23. The Labute approximate surface area is 176 Å². The lowest BCUT2D eigenvalue weighted by Crippen LogP contribution is -2.48. The third kappa shape index (κ3) is 7.04. The summed E-state index contributed by atoms with van der Waals surface area (Å²) in [5.41, 5.74) is 2.63. The van der Waals surface area contributed by atoms with E-state index in [4.69, 9.17) is 4.74 Å². The Hall–Kier alpha value is -0.860. The van der Waals surface area contributed by atoms with Crippen LogP contribution in [0.1, 0.15) is 37.9 Å². The number of nitrogens with one attached hydrogen (secondary N) is 2. The molecule has 0 bridgehead atoms. The molecular weight excluding hydrogens is 439 g/mol. The van der Waals surface area contributed by atoms with Gasteiger partial charge in [-0.05, 0) is 25.3 Å². The molecule has 0 aromatic heterocycles. The minimum absolute atomic E-state index is 0. The monoisotopic (exact) mass is 474 g/mol. The lowest BCUT2D eigenvalue weighted by molar-refractivity contribution is 0.0170. The topological polar surface area (TPSA) is 48.9 Å². The highest BCUT2D eigenvalue weighted by molar-refractivity contribution is 14.0. The number of ether oxygens (including phenoxy) is 1. The van der Waals surface area contributed by atoms with E-state index in [1.54, 1.807) is 0 Å². The van der Waals surface area contributed by atoms with Crippen molar-refractivity contribution in [2.24, 2.45) is 10.9 Å². The fourth-order valence-corrected chi connectivity index (χ4v) is 2.91. The smallest absolute Gasteiger partial charge is 0.191 e. The van der Waals surface area contributed by atoms with Gasteiger partial charge in [0.05, 0.1) is 19.3 Å². The lowest BCUT2D eigenvalue weighted by atomic mass is 10.0. The molecule has 5 nitrogen and oxygen atoms in total. The second-order valence-electron chi connectivity index (χ2n) is 7.20. The second-order valence-corrected chi connectivity index (χ2v) is 7.20. The predicted octanol–water partition coefficient (Wildman–Crippen LogP) is 3.20. The number of aliphatic imine (C=N–C) groups is 1. The molecule has 1 heterocycles. The van der Waals surface area contributed by atoms with Gasteiger partial charge in [0.15, 0.2) is 5.96 Å². The summed E-state index contributed by atoms with van der Waals surface area (Å²) in [4.78, 5) is 6.89. The molecule has 2 unspecified atom stereocenters. The van der Waals surface area contributed by atoms with Crippen LogP contribution >= 0.6 is 24.0 Å². The quantitative estimate of drug-likeness (QED) is 0.378. The van der Waals surface area contributed by atoms with Crippen LogP contribution in [0.25, 0.3) is 0 Å². The summed E-state index contributed by atoms with van der Waals surface area (Å²) >= 11 is 0. The fourth-order valence-electron chi connectivity index (χ4n) is 2.91. The van der Waals surface area contributed by atoms with Crippen molar-refractivity contribution in [3.05, 3.63) is 35.4 Å². The summed E-state index contributed by atoms with van der Waals surface area (Å²) < 4.78 is 5.53. The second kappa shape index (κ2) is 11.8. The van der Waals surface area contributed by atoms with Crippen molar-refractivity contribution < 1.29 is 4.74 Å². The third-order valence-corrected chi connectivity index (χ3v) is 5.00. The maximum atomic E-state index is 5.53. The molecule has 148 valence electrons. The van der Waals surface area contributed by atoms with Crippen molar-refractivity contribution in [1.82, 2.24) is 15.5 Å². The Morgan fingerprint density at radius 1 is 1.15 bits per heavy atom. The number of halogens is 1. The molecule has 0 spiro atoms. The van der Waals surface area contributed by atoms with E-state index in [9.17, 15) is 0 Å². The molecule has 0 amide bonds. The highest BCUT2D eigenvalue weighted by atomic mass is 127. The van der Waals surface area contributed by atoms with Crippen molar-refractivity contribution in [1.29, 1.82) is 0 Å². The summed E-state index contributed by atoms with van der Waals surface area (Å²) in [5, 5.41) is 7.00. The molecule has 1 aliphatic rings. The maximum Gasteiger partial charge on any atom is 0.191 e. The zero-order chi connectivity index (χ0) is 18.2. The van der Waals surface area contributed by atoms with Crippen LogP contribution in [0.2, 0.25) is 0 Å². The van der Waals surface area contributed by atoms with Gasteiger partial charge in [0, 0.05) is 32.7 Å². The van der Waals surface area contributed by atoms with Crippen molar-refractivity contribution >= 4 is 29.9 Å². The Morgan fingerprint density at radius 3 is 2.31 bits per heavy atom. The number of morpholine rings is 1. The Morgan fingerprint density at radius 2 is 1.77 bits per heavy atom. The SMILES string of the molecule is CN=C(NCC(c1ccc(C)cc1)N1CCOCC1)NC(C)C(C)C.I. The van der Waals surface area contributed by atoms with E-state index in [1.165, 1.54) is 11.1 Å². The predicted molar refractivity (Wildman–Crippen MR) is 121 cm³/mol. The fraction of sp³-hybridized carbons (Fsp3) is 0.650. The minimum Gasteiger partial charge on any atom is -0.379 e. The molecule has 2 atom stereocenters. The van der Waals surface area contributed by atoms with Gasteiger partial charge in [0.1, 0.15) is 0 Å². The molecule has 6 heteroatoms. The molecule has 1 aromatic carbocycles. The van der Waals surface area contributed by atoms with Gasteiger partial charge in [-0.2, -0.15) is 0 Å². The van der Waals surface area contributed by atoms with E-state index in [0.29, 0.717) is 18.0 Å². The summed E-state index contributed by atoms with van der Waals surface area (Å²) in [6.45, 7) is 13.1. The van der Waals surface area contributed by atoms with E-state index in [2.05, 4.69) is 72.5 Å². The van der Waals surface area contributed by atoms with E-state index in [1.807, 2.05) is 7.05 Å². The number of benzene rings is 1. The van der Waals surface area contributed by atoms with Crippen LogP contribution in [0, 0.1) is 12.8 Å². The summed E-state index contributed by atoms with van der Waals surface area (Å²) in [6.07, 6.45) is 0. The van der Waals surface area contributed by atoms with Crippen LogP contribution in [-0.4, -0.2) is 56.8 Å². The van der Waals surface area contributed by atoms with Crippen LogP contribution in [-0.2, 0) is 4.74 Å². The van der Waals surface area contributed by atoms with Crippen molar-refractivity contribution in [3.63, 3.8) is 0 Å². The summed E-state index contributed by atoms with van der Waals surface area (Å²) in [7, 11) is 1.83. The molecular formula is C20H35IN4O. The van der Waals surface area contributed by atoms with E-state index in [-0.39, 0.29) is 24.0 Å². The van der Waals surface area contributed by atoms with Crippen molar-refractivity contribution in [3.8, 4) is 0 Å². The van der Waals surface area contributed by atoms with Crippen molar-refractivity contribution in [2.45, 2.75) is 39.8 Å². The Kier molecular flexibility index (Phi) is 10.5. The molecule has 26 heavy (non-hydrogen) atoms. The number of hydrogen-bond acceptors (Lipinski definition) is 3. The molecule has 1 aliphatic heterocycles. The number of rotatable bonds is 6. The molecule has 1 aromatic rings. The average Bonchev–Trinajstić information content (AvgIpc) is 2.62. The molecule has 2 rings (SSSR count). The molecule has 1 saturated heterocycles. The first kappa shape index (κ1) is 23.2. The first-order valence-corrected chi connectivity index (χ1v) is 9.36. The van der Waals surface area contributed by atoms with Gasteiger partial charge < -0.3 is 15.4 Å². The number of nitrogens with zero attached hydrogens (tertiary/aromatic N) is 2. The first-order chi connectivity index (χ1) is 12.0. The van der Waals surface area contributed by atoms with Gasteiger partial charge in [-0.15, -0.1) is 24.0 Å². The summed E-state index contributed by atoms with van der Waals surface area (Å²) in [5.74, 6) is 1.43. The standard InChI is InChI=1S/C20H34N4O.HI/c1-15(2)17(4)23-20(21-5)22-14-19(24-10-12-25-13-11-24)18-8-6-16(3)7-9-18;/h6-9,15,17,19H,10-14H2,1-5H3,(H2,21,22,23);1H. The number of aryl methyl sites for hydroxylation is 1. The zero-order valence-corrected chi connectivity index (χ0v) is 19.1. The molecule has 2 N–H and O–H groups in total. The summed E-state index contributed by atoms with van der Waals surface area (Å²) in [6, 6.07) is 9.56. The third-order valence-electron chi connectivity index (χ3n) is 5.00. The van der Waals surface area contributed by atoms with Gasteiger partial charge in [-0.25, -0.2) is 0 Å². The highest BCUT2D eigenvalue weighted by Crippen LogP contribution is 2.21. The maximum absolute atomic E-state index is 5.53. The van der Waals surface area contributed by atoms with Crippen LogP contribution in [0.5, 0.6) is 0 Å². The van der Waals surface area contributed by atoms with Gasteiger partial charge in [-0.3, -0.25) is 9.89 Å². The molecule has 0 radical (unpaired) electrons. The Bertz CT molecular complexity index is 541. The van der Waals surface area contributed by atoms with Gasteiger partial charge in [-0.1, -0.05) is 43.7 Å². The molecule has 1 fully saturated rings.